The number of carboxylic acids is 1. The van der Waals surface area contributed by atoms with Crippen LogP contribution in [0.25, 0.3) is 0 Å². The van der Waals surface area contributed by atoms with Crippen LogP contribution in [0.15, 0.2) is 28.8 Å². The van der Waals surface area contributed by atoms with Gasteiger partial charge in [-0.3, -0.25) is 9.59 Å². The molecule has 0 saturated heterocycles. The Morgan fingerprint density at radius 2 is 1.96 bits per heavy atom. The van der Waals surface area contributed by atoms with Crippen molar-refractivity contribution >= 4 is 17.6 Å². The molecule has 0 aliphatic heterocycles. The highest BCUT2D eigenvalue weighted by atomic mass is 16.5. The quantitative estimate of drug-likeness (QED) is 0.721. The largest absolute Gasteiger partial charge is 0.494 e. The number of amides is 1. The molecule has 0 aliphatic rings. The molecule has 0 saturated carbocycles. The van der Waals surface area contributed by atoms with Crippen molar-refractivity contribution in [3.63, 3.8) is 0 Å². The smallest absolute Gasteiger partial charge is 0.303 e. The van der Waals surface area contributed by atoms with Gasteiger partial charge in [0.2, 0.25) is 5.91 Å². The van der Waals surface area contributed by atoms with Crippen molar-refractivity contribution in [2.75, 3.05) is 11.9 Å². The molecule has 1 aromatic carbocycles. The first-order valence-electron chi connectivity index (χ1n) is 7.62. The van der Waals surface area contributed by atoms with Crippen LogP contribution < -0.4 is 10.1 Å². The summed E-state index contributed by atoms with van der Waals surface area (Å²) >= 11 is 0. The molecule has 2 aromatic rings. The minimum absolute atomic E-state index is 0.0792. The van der Waals surface area contributed by atoms with Crippen molar-refractivity contribution in [1.82, 2.24) is 5.16 Å². The third kappa shape index (κ3) is 5.12. The van der Waals surface area contributed by atoms with E-state index in [1.165, 1.54) is 0 Å². The zero-order chi connectivity index (χ0) is 17.5. The van der Waals surface area contributed by atoms with E-state index in [9.17, 15) is 9.59 Å². The summed E-state index contributed by atoms with van der Waals surface area (Å²) in [6.45, 7) is 3.92. The van der Waals surface area contributed by atoms with E-state index in [-0.39, 0.29) is 18.7 Å². The summed E-state index contributed by atoms with van der Waals surface area (Å²) in [6.07, 6.45) is 0.732. The summed E-state index contributed by atoms with van der Waals surface area (Å²) in [5, 5.41) is 15.2. The lowest BCUT2D eigenvalue weighted by Crippen LogP contribution is -2.15. The van der Waals surface area contributed by atoms with Crippen LogP contribution in [-0.2, 0) is 16.0 Å². The Hall–Kier alpha value is -2.83. The van der Waals surface area contributed by atoms with E-state index >= 15 is 0 Å². The lowest BCUT2D eigenvalue weighted by molar-refractivity contribution is -0.137. The highest BCUT2D eigenvalue weighted by Crippen LogP contribution is 2.17. The molecule has 0 radical (unpaired) electrons. The first-order chi connectivity index (χ1) is 11.5. The molecule has 0 bridgehead atoms. The molecule has 7 heteroatoms. The average molecular weight is 332 g/mol. The average Bonchev–Trinajstić information content (AvgIpc) is 2.85. The van der Waals surface area contributed by atoms with Gasteiger partial charge in [0.15, 0.2) is 0 Å². The van der Waals surface area contributed by atoms with E-state index in [4.69, 9.17) is 14.4 Å². The zero-order valence-corrected chi connectivity index (χ0v) is 13.7. The van der Waals surface area contributed by atoms with Crippen LogP contribution in [0.3, 0.4) is 0 Å². The van der Waals surface area contributed by atoms with Crippen molar-refractivity contribution in [3.8, 4) is 5.75 Å². The zero-order valence-electron chi connectivity index (χ0n) is 13.7. The number of ether oxygens (including phenoxy) is 1. The number of hydrogen-bond donors (Lipinski definition) is 2. The van der Waals surface area contributed by atoms with Gasteiger partial charge in [-0.05, 0) is 44.5 Å². The van der Waals surface area contributed by atoms with Crippen molar-refractivity contribution in [2.24, 2.45) is 0 Å². The number of benzene rings is 1. The normalized spacial score (nSPS) is 10.4. The van der Waals surface area contributed by atoms with Crippen molar-refractivity contribution in [3.05, 3.63) is 41.3 Å². The molecular weight excluding hydrogens is 312 g/mol. The predicted octanol–water partition coefficient (Wildman–Crippen LogP) is 2.72. The maximum Gasteiger partial charge on any atom is 0.303 e. The second-order valence-corrected chi connectivity index (χ2v) is 5.40. The molecule has 2 N–H and O–H groups in total. The summed E-state index contributed by atoms with van der Waals surface area (Å²) in [5.74, 6) is 0.284. The van der Waals surface area contributed by atoms with Gasteiger partial charge in [0.05, 0.1) is 18.7 Å². The van der Waals surface area contributed by atoms with E-state index in [0.717, 1.165) is 5.56 Å². The summed E-state index contributed by atoms with van der Waals surface area (Å²) in [4.78, 5) is 22.5. The number of carboxylic acid groups (broad SMARTS) is 1. The molecule has 24 heavy (non-hydrogen) atoms. The van der Waals surface area contributed by atoms with Gasteiger partial charge in [-0.2, -0.15) is 0 Å². The molecule has 2 rings (SSSR count). The maximum absolute atomic E-state index is 12.1. The molecule has 0 fully saturated rings. The van der Waals surface area contributed by atoms with Crippen molar-refractivity contribution in [1.29, 1.82) is 0 Å². The second kappa shape index (κ2) is 8.14. The fourth-order valence-electron chi connectivity index (χ4n) is 2.17. The number of aromatic nitrogens is 1. The highest BCUT2D eigenvalue weighted by molar-refractivity contribution is 5.92. The van der Waals surface area contributed by atoms with Crippen LogP contribution >= 0.6 is 0 Å². The Balaban J connectivity index is 1.82. The number of nitrogens with zero attached hydrogens (tertiary/aromatic N) is 1. The molecular formula is C17H20N2O5. The van der Waals surface area contributed by atoms with Crippen LogP contribution in [0.2, 0.25) is 0 Å². The van der Waals surface area contributed by atoms with Gasteiger partial charge in [-0.25, -0.2) is 0 Å². The lowest BCUT2D eigenvalue weighted by atomic mass is 10.1. The van der Waals surface area contributed by atoms with Gasteiger partial charge >= 0.3 is 5.97 Å². The number of carbonyl (C=O) groups is 2. The predicted molar refractivity (Wildman–Crippen MR) is 87.1 cm³/mol. The van der Waals surface area contributed by atoms with Crippen LogP contribution in [0, 0.1) is 13.8 Å². The van der Waals surface area contributed by atoms with Gasteiger partial charge < -0.3 is 19.7 Å². The van der Waals surface area contributed by atoms with Crippen LogP contribution in [-0.4, -0.2) is 28.7 Å². The topological polar surface area (TPSA) is 102 Å². The van der Waals surface area contributed by atoms with E-state index < -0.39 is 5.97 Å². The lowest BCUT2D eigenvalue weighted by Gasteiger charge is -2.08. The Morgan fingerprint density at radius 1 is 1.25 bits per heavy atom. The number of aliphatic carboxylic acids is 1. The van der Waals surface area contributed by atoms with Gasteiger partial charge in [0.1, 0.15) is 11.5 Å². The number of carbonyl (C=O) groups excluding carboxylic acids is 1. The van der Waals surface area contributed by atoms with E-state index in [1.54, 1.807) is 38.1 Å². The summed E-state index contributed by atoms with van der Waals surface area (Å²) in [7, 11) is 0. The molecule has 0 atom stereocenters. The third-order valence-corrected chi connectivity index (χ3v) is 3.46. The SMILES string of the molecule is Cc1noc(C)c1CC(=O)Nc1ccc(OCCCC(=O)O)cc1. The van der Waals surface area contributed by atoms with E-state index in [2.05, 4.69) is 10.5 Å². The fraction of sp³-hybridized carbons (Fsp3) is 0.353. The number of nitrogens with one attached hydrogen (secondary N) is 1. The molecule has 1 aromatic heterocycles. The monoisotopic (exact) mass is 332 g/mol. The van der Waals surface area contributed by atoms with Gasteiger partial charge in [-0.15, -0.1) is 0 Å². The van der Waals surface area contributed by atoms with Crippen molar-refractivity contribution < 1.29 is 24.0 Å². The molecule has 1 amide bonds. The minimum Gasteiger partial charge on any atom is -0.494 e. The molecule has 0 unspecified atom stereocenters. The van der Waals surface area contributed by atoms with Crippen LogP contribution in [0.4, 0.5) is 5.69 Å². The Kier molecular flexibility index (Phi) is 5.95. The standard InChI is InChI=1S/C17H20N2O5/c1-11-15(12(2)24-19-11)10-16(20)18-13-5-7-14(8-6-13)23-9-3-4-17(21)22/h5-8H,3-4,9-10H2,1-2H3,(H,18,20)(H,21,22). The van der Waals surface area contributed by atoms with Gasteiger partial charge in [-0.1, -0.05) is 5.16 Å². The molecule has 0 aliphatic carbocycles. The minimum atomic E-state index is -0.838. The highest BCUT2D eigenvalue weighted by Gasteiger charge is 2.13. The fourth-order valence-corrected chi connectivity index (χ4v) is 2.17. The van der Waals surface area contributed by atoms with E-state index in [1.807, 2.05) is 0 Å². The Bertz CT molecular complexity index is 687. The van der Waals surface area contributed by atoms with Gasteiger partial charge in [0, 0.05) is 17.7 Å². The van der Waals surface area contributed by atoms with Crippen molar-refractivity contribution in [2.45, 2.75) is 33.1 Å². The first kappa shape index (κ1) is 17.5. The second-order valence-electron chi connectivity index (χ2n) is 5.40. The Labute approximate surface area is 139 Å². The number of anilines is 1. The molecule has 1 heterocycles. The van der Waals surface area contributed by atoms with Crippen LogP contribution in [0.1, 0.15) is 29.9 Å². The molecule has 128 valence electrons. The van der Waals surface area contributed by atoms with Crippen LogP contribution in [0.5, 0.6) is 5.75 Å². The van der Waals surface area contributed by atoms with E-state index in [0.29, 0.717) is 35.9 Å². The first-order valence-corrected chi connectivity index (χ1v) is 7.62. The molecule has 0 spiro atoms. The Morgan fingerprint density at radius 3 is 2.54 bits per heavy atom. The third-order valence-electron chi connectivity index (χ3n) is 3.46. The number of hydrogen-bond acceptors (Lipinski definition) is 5. The molecule has 7 nitrogen and oxygen atoms in total. The van der Waals surface area contributed by atoms with Gasteiger partial charge in [0.25, 0.3) is 0 Å². The summed E-state index contributed by atoms with van der Waals surface area (Å²) in [5.41, 5.74) is 2.17. The number of aryl methyl sites for hydroxylation is 2. The summed E-state index contributed by atoms with van der Waals surface area (Å²) < 4.78 is 10.5. The maximum atomic E-state index is 12.1. The summed E-state index contributed by atoms with van der Waals surface area (Å²) in [6, 6.07) is 6.92. The number of rotatable bonds is 8.